The number of carbonyl (C=O) groups is 1. The van der Waals surface area contributed by atoms with Crippen molar-refractivity contribution in [1.82, 2.24) is 0 Å². The van der Waals surface area contributed by atoms with Crippen LogP contribution in [0.1, 0.15) is 43.0 Å². The minimum atomic E-state index is -0.389. The number of ether oxygens (including phenoxy) is 3. The Labute approximate surface area is 156 Å². The second kappa shape index (κ2) is 8.26. The molecule has 0 heterocycles. The van der Waals surface area contributed by atoms with Gasteiger partial charge < -0.3 is 14.2 Å². The number of aryl methyl sites for hydroxylation is 2. The maximum absolute atomic E-state index is 12.0. The van der Waals surface area contributed by atoms with Crippen molar-refractivity contribution >= 4 is 5.97 Å². The van der Waals surface area contributed by atoms with Gasteiger partial charge in [0.15, 0.2) is 6.61 Å². The van der Waals surface area contributed by atoms with Crippen molar-refractivity contribution in [3.8, 4) is 11.5 Å². The molecule has 140 valence electrons. The number of benzene rings is 2. The summed E-state index contributed by atoms with van der Waals surface area (Å²) in [5.41, 5.74) is 4.70. The first-order chi connectivity index (χ1) is 12.2. The SMILES string of the molecule is COc1ccc(OCC(=O)OCc2c(C)cc(C(C)(C)C)cc2C)cc1. The molecular weight excluding hydrogens is 328 g/mol. The number of rotatable bonds is 6. The standard InChI is InChI=1S/C22H28O4/c1-15-11-17(22(3,4)5)12-16(2)20(15)13-26-21(23)14-25-19-9-7-18(24-6)8-10-19/h7-12H,13-14H2,1-6H3. The van der Waals surface area contributed by atoms with Crippen LogP contribution in [0, 0.1) is 13.8 Å². The molecule has 0 spiro atoms. The third-order valence-electron chi connectivity index (χ3n) is 4.36. The van der Waals surface area contributed by atoms with Gasteiger partial charge >= 0.3 is 5.97 Å². The lowest BCUT2D eigenvalue weighted by molar-refractivity contribution is -0.147. The summed E-state index contributed by atoms with van der Waals surface area (Å²) in [6.07, 6.45) is 0. The summed E-state index contributed by atoms with van der Waals surface area (Å²) in [6, 6.07) is 11.4. The number of hydrogen-bond donors (Lipinski definition) is 0. The van der Waals surface area contributed by atoms with Gasteiger partial charge in [-0.2, -0.15) is 0 Å². The fourth-order valence-corrected chi connectivity index (χ4v) is 2.66. The molecule has 2 rings (SSSR count). The highest BCUT2D eigenvalue weighted by Crippen LogP contribution is 2.27. The Kier molecular flexibility index (Phi) is 6.30. The van der Waals surface area contributed by atoms with E-state index in [2.05, 4.69) is 46.8 Å². The van der Waals surface area contributed by atoms with Gasteiger partial charge in [0.25, 0.3) is 0 Å². The van der Waals surface area contributed by atoms with Gasteiger partial charge in [-0.25, -0.2) is 4.79 Å². The molecular formula is C22H28O4. The van der Waals surface area contributed by atoms with Gasteiger partial charge in [-0.1, -0.05) is 32.9 Å². The molecule has 0 N–H and O–H groups in total. The first-order valence-electron chi connectivity index (χ1n) is 8.74. The molecule has 0 unspecified atom stereocenters. The third kappa shape index (κ3) is 5.25. The van der Waals surface area contributed by atoms with E-state index in [9.17, 15) is 4.79 Å². The second-order valence-electron chi connectivity index (χ2n) is 7.46. The van der Waals surface area contributed by atoms with E-state index in [-0.39, 0.29) is 24.6 Å². The van der Waals surface area contributed by atoms with Gasteiger partial charge in [-0.3, -0.25) is 0 Å². The lowest BCUT2D eigenvalue weighted by atomic mass is 9.84. The Morgan fingerprint density at radius 2 is 1.50 bits per heavy atom. The van der Waals surface area contributed by atoms with Gasteiger partial charge in [-0.15, -0.1) is 0 Å². The first kappa shape index (κ1) is 19.8. The lowest BCUT2D eigenvalue weighted by Gasteiger charge is -2.22. The Morgan fingerprint density at radius 3 is 2.00 bits per heavy atom. The highest BCUT2D eigenvalue weighted by atomic mass is 16.6. The zero-order valence-electron chi connectivity index (χ0n) is 16.5. The van der Waals surface area contributed by atoms with Crippen molar-refractivity contribution < 1.29 is 19.0 Å². The topological polar surface area (TPSA) is 44.8 Å². The van der Waals surface area contributed by atoms with Crippen LogP contribution in [-0.4, -0.2) is 19.7 Å². The van der Waals surface area contributed by atoms with Crippen LogP contribution in [0.4, 0.5) is 0 Å². The molecule has 0 saturated heterocycles. The van der Waals surface area contributed by atoms with E-state index in [1.54, 1.807) is 31.4 Å². The predicted molar refractivity (Wildman–Crippen MR) is 103 cm³/mol. The second-order valence-corrected chi connectivity index (χ2v) is 7.46. The molecule has 0 aromatic heterocycles. The van der Waals surface area contributed by atoms with Crippen molar-refractivity contribution in [1.29, 1.82) is 0 Å². The smallest absolute Gasteiger partial charge is 0.344 e. The van der Waals surface area contributed by atoms with Gasteiger partial charge in [0.2, 0.25) is 0 Å². The molecule has 0 aliphatic heterocycles. The summed E-state index contributed by atoms with van der Waals surface area (Å²) in [5.74, 6) is 0.953. The molecule has 0 amide bonds. The maximum Gasteiger partial charge on any atom is 0.344 e. The van der Waals surface area contributed by atoms with Crippen molar-refractivity contribution in [2.45, 2.75) is 46.6 Å². The lowest BCUT2D eigenvalue weighted by Crippen LogP contribution is -2.16. The third-order valence-corrected chi connectivity index (χ3v) is 4.36. The first-order valence-corrected chi connectivity index (χ1v) is 8.74. The number of methoxy groups -OCH3 is 1. The van der Waals surface area contributed by atoms with Crippen LogP contribution in [0.3, 0.4) is 0 Å². The van der Waals surface area contributed by atoms with Crippen molar-refractivity contribution in [3.63, 3.8) is 0 Å². The fourth-order valence-electron chi connectivity index (χ4n) is 2.66. The molecule has 0 bridgehead atoms. The Bertz CT molecular complexity index is 732. The molecule has 0 aliphatic carbocycles. The van der Waals surface area contributed by atoms with Crippen LogP contribution in [0.15, 0.2) is 36.4 Å². The number of hydrogen-bond acceptors (Lipinski definition) is 4. The van der Waals surface area contributed by atoms with Crippen molar-refractivity contribution in [2.75, 3.05) is 13.7 Å². The monoisotopic (exact) mass is 356 g/mol. The molecule has 0 atom stereocenters. The zero-order valence-corrected chi connectivity index (χ0v) is 16.5. The molecule has 0 aliphatic rings. The van der Waals surface area contributed by atoms with E-state index in [0.29, 0.717) is 5.75 Å². The Hall–Kier alpha value is -2.49. The maximum atomic E-state index is 12.0. The number of carbonyl (C=O) groups excluding carboxylic acids is 1. The summed E-state index contributed by atoms with van der Waals surface area (Å²) in [4.78, 5) is 12.0. The molecule has 26 heavy (non-hydrogen) atoms. The van der Waals surface area contributed by atoms with Gasteiger partial charge in [0.1, 0.15) is 18.1 Å². The van der Waals surface area contributed by atoms with Crippen LogP contribution >= 0.6 is 0 Å². The van der Waals surface area contributed by atoms with E-state index in [1.807, 2.05) is 0 Å². The highest BCUT2D eigenvalue weighted by Gasteiger charge is 2.17. The summed E-state index contributed by atoms with van der Waals surface area (Å²) in [6.45, 7) is 10.8. The summed E-state index contributed by atoms with van der Waals surface area (Å²) in [7, 11) is 1.60. The van der Waals surface area contributed by atoms with E-state index < -0.39 is 0 Å². The molecule has 0 fully saturated rings. The van der Waals surface area contributed by atoms with E-state index in [0.717, 1.165) is 22.4 Å². The van der Waals surface area contributed by atoms with Gasteiger partial charge in [0.05, 0.1) is 7.11 Å². The van der Waals surface area contributed by atoms with Crippen LogP contribution < -0.4 is 9.47 Å². The van der Waals surface area contributed by atoms with Crippen molar-refractivity contribution in [3.05, 3.63) is 58.7 Å². The van der Waals surface area contributed by atoms with E-state index in [1.165, 1.54) is 5.56 Å². The number of esters is 1. The fraction of sp³-hybridized carbons (Fsp3) is 0.409. The summed E-state index contributed by atoms with van der Waals surface area (Å²) in [5, 5.41) is 0. The van der Waals surface area contributed by atoms with Gasteiger partial charge in [-0.05, 0) is 65.8 Å². The Balaban J connectivity index is 1.92. The van der Waals surface area contributed by atoms with Crippen LogP contribution in [0.2, 0.25) is 0 Å². The molecule has 0 saturated carbocycles. The van der Waals surface area contributed by atoms with E-state index >= 15 is 0 Å². The van der Waals surface area contributed by atoms with Crippen LogP contribution in [-0.2, 0) is 21.6 Å². The van der Waals surface area contributed by atoms with Crippen LogP contribution in [0.5, 0.6) is 11.5 Å². The highest BCUT2D eigenvalue weighted by molar-refractivity contribution is 5.71. The molecule has 2 aromatic rings. The molecule has 4 nitrogen and oxygen atoms in total. The largest absolute Gasteiger partial charge is 0.497 e. The summed E-state index contributed by atoms with van der Waals surface area (Å²) >= 11 is 0. The molecule has 4 heteroatoms. The molecule has 2 aromatic carbocycles. The minimum absolute atomic E-state index is 0.0942. The van der Waals surface area contributed by atoms with Gasteiger partial charge in [0, 0.05) is 0 Å². The average molecular weight is 356 g/mol. The average Bonchev–Trinajstić information content (AvgIpc) is 2.58. The summed E-state index contributed by atoms with van der Waals surface area (Å²) < 4.78 is 15.9. The zero-order chi connectivity index (χ0) is 19.3. The predicted octanol–water partition coefficient (Wildman–Crippen LogP) is 4.73. The van der Waals surface area contributed by atoms with Crippen LogP contribution in [0.25, 0.3) is 0 Å². The Morgan fingerprint density at radius 1 is 0.962 bits per heavy atom. The van der Waals surface area contributed by atoms with E-state index in [4.69, 9.17) is 14.2 Å². The minimum Gasteiger partial charge on any atom is -0.497 e. The quantitative estimate of drug-likeness (QED) is 0.702. The normalized spacial score (nSPS) is 11.2. The van der Waals surface area contributed by atoms with Crippen molar-refractivity contribution in [2.24, 2.45) is 0 Å². The molecule has 0 radical (unpaired) electrons.